The summed E-state index contributed by atoms with van der Waals surface area (Å²) in [6.07, 6.45) is 7.50. The molecule has 1 saturated carbocycles. The smallest absolute Gasteiger partial charge is 0.180 e. The number of fused-ring (bicyclic) bond motifs is 1. The number of aromatic nitrogens is 5. The maximum Gasteiger partial charge on any atom is 0.180 e. The van der Waals surface area contributed by atoms with Gasteiger partial charge < -0.3 is 15.2 Å². The van der Waals surface area contributed by atoms with Crippen molar-refractivity contribution in [2.75, 3.05) is 12.4 Å². The van der Waals surface area contributed by atoms with E-state index >= 15 is 0 Å². The van der Waals surface area contributed by atoms with Crippen LogP contribution in [0.2, 0.25) is 0 Å². The van der Waals surface area contributed by atoms with E-state index in [2.05, 4.69) is 35.1 Å². The first kappa shape index (κ1) is 14.0. The average molecular weight is 325 g/mol. The second-order valence-corrected chi connectivity index (χ2v) is 5.89. The molecule has 3 aromatic rings. The first-order valence-corrected chi connectivity index (χ1v) is 7.79. The van der Waals surface area contributed by atoms with Crippen LogP contribution in [0.5, 0.6) is 0 Å². The summed E-state index contributed by atoms with van der Waals surface area (Å²) >= 11 is 5.41. The van der Waals surface area contributed by atoms with Crippen LogP contribution in [0.1, 0.15) is 12.8 Å². The number of hydrogen-bond donors (Lipinski definition) is 2. The molecule has 0 aromatic carbocycles. The molecule has 3 heterocycles. The Bertz CT molecular complexity index is 857. The van der Waals surface area contributed by atoms with Crippen molar-refractivity contribution in [3.8, 4) is 11.5 Å². The van der Waals surface area contributed by atoms with E-state index in [0.29, 0.717) is 34.1 Å². The van der Waals surface area contributed by atoms with Crippen molar-refractivity contribution in [1.82, 2.24) is 29.8 Å². The zero-order valence-corrected chi connectivity index (χ0v) is 13.3. The van der Waals surface area contributed by atoms with Crippen LogP contribution in [0.3, 0.4) is 0 Å². The van der Waals surface area contributed by atoms with Crippen LogP contribution >= 0.6 is 12.2 Å². The van der Waals surface area contributed by atoms with E-state index in [1.165, 1.54) is 12.8 Å². The van der Waals surface area contributed by atoms with E-state index in [0.717, 1.165) is 5.52 Å². The maximum absolute atomic E-state index is 5.41. The molecule has 0 atom stereocenters. The molecular formula is C15H15N7S. The molecule has 8 heteroatoms. The van der Waals surface area contributed by atoms with Gasteiger partial charge in [-0.25, -0.2) is 15.0 Å². The normalized spacial score (nSPS) is 14.0. The molecule has 116 valence electrons. The highest BCUT2D eigenvalue weighted by Crippen LogP contribution is 2.26. The zero-order chi connectivity index (χ0) is 15.8. The number of pyridine rings is 1. The van der Waals surface area contributed by atoms with Gasteiger partial charge in [-0.2, -0.15) is 0 Å². The highest BCUT2D eigenvalue weighted by Gasteiger charge is 2.27. The monoisotopic (exact) mass is 325 g/mol. The Morgan fingerprint density at radius 1 is 1.30 bits per heavy atom. The third-order valence-electron chi connectivity index (χ3n) is 3.80. The summed E-state index contributed by atoms with van der Waals surface area (Å²) in [5.41, 5.74) is 1.94. The Kier molecular flexibility index (Phi) is 3.38. The quantitative estimate of drug-likeness (QED) is 0.714. The number of anilines is 1. The average Bonchev–Trinajstić information content (AvgIpc) is 3.27. The number of hydrogen-bond acceptors (Lipinski definition) is 5. The van der Waals surface area contributed by atoms with Crippen LogP contribution < -0.4 is 5.32 Å². The molecule has 2 N–H and O–H groups in total. The van der Waals surface area contributed by atoms with Gasteiger partial charge in [0.2, 0.25) is 0 Å². The van der Waals surface area contributed by atoms with Gasteiger partial charge in [-0.1, -0.05) is 0 Å². The predicted molar refractivity (Wildman–Crippen MR) is 91.9 cm³/mol. The minimum absolute atomic E-state index is 0.556. The van der Waals surface area contributed by atoms with Gasteiger partial charge in [-0.3, -0.25) is 4.98 Å². The summed E-state index contributed by atoms with van der Waals surface area (Å²) in [4.78, 5) is 22.7. The molecule has 1 aliphatic carbocycles. The third kappa shape index (κ3) is 2.85. The van der Waals surface area contributed by atoms with E-state index in [1.807, 2.05) is 19.2 Å². The molecular weight excluding hydrogens is 310 g/mol. The van der Waals surface area contributed by atoms with Gasteiger partial charge in [0.1, 0.15) is 17.0 Å². The Morgan fingerprint density at radius 3 is 2.91 bits per heavy atom. The maximum atomic E-state index is 5.41. The van der Waals surface area contributed by atoms with E-state index in [-0.39, 0.29) is 0 Å². The molecule has 0 unspecified atom stereocenters. The number of rotatable bonds is 3. The van der Waals surface area contributed by atoms with Gasteiger partial charge >= 0.3 is 0 Å². The highest BCUT2D eigenvalue weighted by molar-refractivity contribution is 7.80. The fourth-order valence-corrected chi connectivity index (χ4v) is 2.57. The van der Waals surface area contributed by atoms with Gasteiger partial charge in [0.15, 0.2) is 16.6 Å². The predicted octanol–water partition coefficient (Wildman–Crippen LogP) is 2.21. The summed E-state index contributed by atoms with van der Waals surface area (Å²) in [5, 5.41) is 3.84. The molecule has 0 aliphatic heterocycles. The topological polar surface area (TPSA) is 82.6 Å². The molecule has 0 spiro atoms. The van der Waals surface area contributed by atoms with Crippen LogP contribution in [-0.4, -0.2) is 48.0 Å². The number of nitrogens with one attached hydrogen (secondary N) is 2. The number of H-pyrrole nitrogens is 1. The van der Waals surface area contributed by atoms with E-state index in [4.69, 9.17) is 12.2 Å². The van der Waals surface area contributed by atoms with E-state index < -0.39 is 0 Å². The summed E-state index contributed by atoms with van der Waals surface area (Å²) in [6, 6.07) is 4.29. The lowest BCUT2D eigenvalue weighted by atomic mass is 10.3. The molecule has 1 fully saturated rings. The van der Waals surface area contributed by atoms with Crippen molar-refractivity contribution in [3.05, 3.63) is 30.7 Å². The van der Waals surface area contributed by atoms with Gasteiger partial charge in [0.25, 0.3) is 0 Å². The lowest BCUT2D eigenvalue weighted by Crippen LogP contribution is -2.33. The van der Waals surface area contributed by atoms with Crippen LogP contribution in [0.4, 0.5) is 5.82 Å². The van der Waals surface area contributed by atoms with Gasteiger partial charge in [0.05, 0.1) is 6.20 Å². The fourth-order valence-electron chi connectivity index (χ4n) is 2.31. The molecule has 0 saturated heterocycles. The van der Waals surface area contributed by atoms with Crippen LogP contribution in [-0.2, 0) is 0 Å². The molecule has 0 bridgehead atoms. The van der Waals surface area contributed by atoms with Crippen LogP contribution in [0, 0.1) is 0 Å². The van der Waals surface area contributed by atoms with E-state index in [1.54, 1.807) is 18.6 Å². The van der Waals surface area contributed by atoms with Crippen molar-refractivity contribution in [2.45, 2.75) is 18.9 Å². The summed E-state index contributed by atoms with van der Waals surface area (Å²) in [5.74, 6) is 1.34. The Balaban J connectivity index is 1.62. The first-order chi connectivity index (χ1) is 11.2. The standard InChI is InChI=1S/C15H15N7S/c1-22(9-2-3-9)15(23)21-12-5-4-10-14(20-12)19-11(8-18-10)13-16-6-7-17-13/h4-9H,2-3H2,1H3,(H,16,17)(H,19,20,21,23). The molecule has 7 nitrogen and oxygen atoms in total. The van der Waals surface area contributed by atoms with Crippen molar-refractivity contribution in [1.29, 1.82) is 0 Å². The highest BCUT2D eigenvalue weighted by atomic mass is 32.1. The van der Waals surface area contributed by atoms with Crippen molar-refractivity contribution < 1.29 is 0 Å². The van der Waals surface area contributed by atoms with E-state index in [9.17, 15) is 0 Å². The molecule has 0 radical (unpaired) electrons. The van der Waals surface area contributed by atoms with Crippen LogP contribution in [0.25, 0.3) is 22.7 Å². The second-order valence-electron chi connectivity index (χ2n) is 5.50. The summed E-state index contributed by atoms with van der Waals surface area (Å²) in [6.45, 7) is 0. The fraction of sp³-hybridized carbons (Fsp3) is 0.267. The number of aromatic amines is 1. The largest absolute Gasteiger partial charge is 0.349 e. The van der Waals surface area contributed by atoms with Gasteiger partial charge in [-0.05, 0) is 37.2 Å². The third-order valence-corrected chi connectivity index (χ3v) is 4.19. The van der Waals surface area contributed by atoms with Gasteiger partial charge in [0, 0.05) is 25.5 Å². The Morgan fingerprint density at radius 2 is 2.17 bits per heavy atom. The molecule has 4 rings (SSSR count). The SMILES string of the molecule is CN(C(=S)Nc1ccc2ncc(-c3ncc[nH]3)nc2n1)C1CC1. The summed E-state index contributed by atoms with van der Waals surface area (Å²) < 4.78 is 0. The van der Waals surface area contributed by atoms with Crippen molar-refractivity contribution >= 4 is 34.3 Å². The number of thiocarbonyl (C=S) groups is 1. The van der Waals surface area contributed by atoms with Gasteiger partial charge in [-0.15, -0.1) is 0 Å². The second kappa shape index (κ2) is 5.54. The van der Waals surface area contributed by atoms with Crippen molar-refractivity contribution in [3.63, 3.8) is 0 Å². The molecule has 0 amide bonds. The van der Waals surface area contributed by atoms with Crippen LogP contribution in [0.15, 0.2) is 30.7 Å². The molecule has 3 aromatic heterocycles. The minimum Gasteiger partial charge on any atom is -0.349 e. The summed E-state index contributed by atoms with van der Waals surface area (Å²) in [7, 11) is 2.00. The first-order valence-electron chi connectivity index (χ1n) is 7.38. The molecule has 23 heavy (non-hydrogen) atoms. The number of nitrogens with zero attached hydrogens (tertiary/aromatic N) is 5. The lowest BCUT2D eigenvalue weighted by Gasteiger charge is -2.19. The number of imidazole rings is 1. The Labute approximate surface area is 138 Å². The van der Waals surface area contributed by atoms with Crippen molar-refractivity contribution in [2.24, 2.45) is 0 Å². The lowest BCUT2D eigenvalue weighted by molar-refractivity contribution is 0.503. The zero-order valence-electron chi connectivity index (χ0n) is 12.5. The molecule has 1 aliphatic rings. The Hall–Kier alpha value is -2.61. The minimum atomic E-state index is 0.556.